The largest absolute Gasteiger partial charge is 0.317 e. The zero-order chi connectivity index (χ0) is 8.81. The van der Waals surface area contributed by atoms with E-state index in [9.17, 15) is 4.11 Å². The second kappa shape index (κ2) is 5.09. The van der Waals surface area contributed by atoms with Gasteiger partial charge in [-0.15, -0.1) is 0 Å². The van der Waals surface area contributed by atoms with Crippen LogP contribution in [0.25, 0.3) is 0 Å². The highest BCUT2D eigenvalue weighted by Gasteiger charge is 1.99. The van der Waals surface area contributed by atoms with Crippen molar-refractivity contribution in [3.63, 3.8) is 0 Å². The van der Waals surface area contributed by atoms with Crippen LogP contribution in [0.4, 0.5) is 4.11 Å². The molecule has 0 spiro atoms. The number of unbranched alkanes of at least 4 members (excludes halogenated alkanes) is 1. The van der Waals surface area contributed by atoms with Crippen molar-refractivity contribution in [1.29, 1.82) is 0 Å². The predicted molar refractivity (Wildman–Crippen MR) is 54.3 cm³/mol. The average Bonchev–Trinajstić information content (AvgIpc) is 2.15. The summed E-state index contributed by atoms with van der Waals surface area (Å²) in [6, 6.07) is 7.91. The number of halogens is 1. The van der Waals surface area contributed by atoms with E-state index >= 15 is 0 Å². The fraction of sp³-hybridized carbons (Fsp3) is 0.400. The number of hydrogen-bond acceptors (Lipinski definition) is 0. The van der Waals surface area contributed by atoms with Gasteiger partial charge in [0.1, 0.15) is 0 Å². The Morgan fingerprint density at radius 2 is 2.08 bits per heavy atom. The van der Waals surface area contributed by atoms with Crippen LogP contribution in [0, 0.1) is 0 Å². The molecule has 2 heteroatoms. The topological polar surface area (TPSA) is 0 Å². The fourth-order valence-electron chi connectivity index (χ4n) is 1.30. The minimum atomic E-state index is -1.47. The lowest BCUT2D eigenvalue weighted by Crippen LogP contribution is -2.15. The lowest BCUT2D eigenvalue weighted by Gasteiger charge is -2.03. The molecule has 12 heavy (non-hydrogen) atoms. The molecule has 1 rings (SSSR count). The minimum absolute atomic E-state index is 0.992. The van der Waals surface area contributed by atoms with Crippen molar-refractivity contribution in [2.75, 3.05) is 0 Å². The van der Waals surface area contributed by atoms with Gasteiger partial charge >= 0.3 is 0 Å². The molecule has 0 aliphatic carbocycles. The maximum Gasteiger partial charge on any atom is 0.247 e. The summed E-state index contributed by atoms with van der Waals surface area (Å²) in [7, 11) is -1.47. The summed E-state index contributed by atoms with van der Waals surface area (Å²) in [5, 5.41) is 0.992. The van der Waals surface area contributed by atoms with Crippen LogP contribution in [0.2, 0.25) is 0 Å². The van der Waals surface area contributed by atoms with Crippen LogP contribution in [-0.4, -0.2) is 9.85 Å². The highest BCUT2D eigenvalue weighted by molar-refractivity contribution is 6.46. The molecule has 0 amide bonds. The molecule has 1 aromatic rings. The standard InChI is InChI=1S/C10H15FSi/c1-2-3-6-9-7-4-5-8-10(9)12-11/h4-5,7-8H,2-3,6,12H2,1H3. The summed E-state index contributed by atoms with van der Waals surface area (Å²) in [6.07, 6.45) is 3.40. The molecular weight excluding hydrogens is 167 g/mol. The van der Waals surface area contributed by atoms with Gasteiger partial charge in [0.2, 0.25) is 9.85 Å². The summed E-state index contributed by atoms with van der Waals surface area (Å²) < 4.78 is 12.6. The molecule has 0 radical (unpaired) electrons. The van der Waals surface area contributed by atoms with Gasteiger partial charge in [-0.2, -0.15) is 0 Å². The van der Waals surface area contributed by atoms with Crippen molar-refractivity contribution in [3.8, 4) is 0 Å². The number of benzene rings is 1. The zero-order valence-electron chi connectivity index (χ0n) is 7.52. The molecule has 0 saturated heterocycles. The molecule has 0 fully saturated rings. The van der Waals surface area contributed by atoms with Crippen molar-refractivity contribution < 1.29 is 4.11 Å². The minimum Gasteiger partial charge on any atom is -0.317 e. The van der Waals surface area contributed by atoms with Gasteiger partial charge in [0.05, 0.1) is 0 Å². The monoisotopic (exact) mass is 182 g/mol. The van der Waals surface area contributed by atoms with E-state index in [-0.39, 0.29) is 0 Å². The molecule has 0 heterocycles. The van der Waals surface area contributed by atoms with Gasteiger partial charge in [-0.3, -0.25) is 0 Å². The maximum atomic E-state index is 12.6. The molecule has 0 atom stereocenters. The summed E-state index contributed by atoms with van der Waals surface area (Å²) in [5.74, 6) is 0. The number of rotatable bonds is 4. The Hall–Kier alpha value is -0.633. The van der Waals surface area contributed by atoms with E-state index in [0.717, 1.165) is 11.6 Å². The first-order chi connectivity index (χ1) is 5.88. The zero-order valence-corrected chi connectivity index (χ0v) is 8.93. The molecule has 0 saturated carbocycles. The molecule has 0 N–H and O–H groups in total. The molecule has 0 aromatic heterocycles. The Balaban J connectivity index is 2.68. The first-order valence-corrected chi connectivity index (χ1v) is 5.75. The van der Waals surface area contributed by atoms with Gasteiger partial charge in [0, 0.05) is 0 Å². The molecular formula is C10H15FSi. The van der Waals surface area contributed by atoms with Crippen molar-refractivity contribution >= 4 is 15.0 Å². The van der Waals surface area contributed by atoms with E-state index in [1.165, 1.54) is 18.4 Å². The highest BCUT2D eigenvalue weighted by Crippen LogP contribution is 2.01. The first-order valence-electron chi connectivity index (χ1n) is 4.51. The molecule has 0 unspecified atom stereocenters. The van der Waals surface area contributed by atoms with Gasteiger partial charge < -0.3 is 4.11 Å². The van der Waals surface area contributed by atoms with E-state index < -0.39 is 9.85 Å². The number of aryl methyl sites for hydroxylation is 1. The summed E-state index contributed by atoms with van der Waals surface area (Å²) in [4.78, 5) is 0. The van der Waals surface area contributed by atoms with Crippen LogP contribution in [0.5, 0.6) is 0 Å². The fourth-order valence-corrected chi connectivity index (χ4v) is 1.99. The maximum absolute atomic E-state index is 12.6. The van der Waals surface area contributed by atoms with Gasteiger partial charge in [0.25, 0.3) is 0 Å². The van der Waals surface area contributed by atoms with Gasteiger partial charge in [-0.1, -0.05) is 37.6 Å². The van der Waals surface area contributed by atoms with Gasteiger partial charge in [0.15, 0.2) is 0 Å². The Morgan fingerprint density at radius 3 is 2.75 bits per heavy atom. The molecule has 0 nitrogen and oxygen atoms in total. The third kappa shape index (κ3) is 2.45. The lowest BCUT2D eigenvalue weighted by atomic mass is 10.1. The van der Waals surface area contributed by atoms with Gasteiger partial charge in [-0.05, 0) is 23.6 Å². The molecule has 0 aliphatic heterocycles. The first kappa shape index (κ1) is 9.45. The highest BCUT2D eigenvalue weighted by atomic mass is 28.3. The third-order valence-electron chi connectivity index (χ3n) is 2.06. The van der Waals surface area contributed by atoms with Crippen LogP contribution in [0.3, 0.4) is 0 Å². The normalized spacial score (nSPS) is 11.2. The van der Waals surface area contributed by atoms with Crippen LogP contribution < -0.4 is 5.19 Å². The summed E-state index contributed by atoms with van der Waals surface area (Å²) in [6.45, 7) is 2.16. The lowest BCUT2D eigenvalue weighted by molar-refractivity contribution is 0.796. The van der Waals surface area contributed by atoms with Crippen molar-refractivity contribution in [2.24, 2.45) is 0 Å². The molecule has 0 aliphatic rings. The Labute approximate surface area is 75.8 Å². The van der Waals surface area contributed by atoms with Crippen LogP contribution in [-0.2, 0) is 6.42 Å². The van der Waals surface area contributed by atoms with Crippen molar-refractivity contribution in [1.82, 2.24) is 0 Å². The number of hydrogen-bond donors (Lipinski definition) is 0. The van der Waals surface area contributed by atoms with E-state index in [1.54, 1.807) is 0 Å². The smallest absolute Gasteiger partial charge is 0.247 e. The van der Waals surface area contributed by atoms with Crippen LogP contribution >= 0.6 is 0 Å². The molecule has 0 bridgehead atoms. The van der Waals surface area contributed by atoms with E-state index in [1.807, 2.05) is 18.2 Å². The van der Waals surface area contributed by atoms with E-state index in [0.29, 0.717) is 0 Å². The SMILES string of the molecule is CCCCc1ccccc1[SiH2]F. The van der Waals surface area contributed by atoms with E-state index in [2.05, 4.69) is 13.0 Å². The van der Waals surface area contributed by atoms with E-state index in [4.69, 9.17) is 0 Å². The second-order valence-corrected chi connectivity index (χ2v) is 4.03. The third-order valence-corrected chi connectivity index (χ3v) is 3.04. The van der Waals surface area contributed by atoms with Crippen LogP contribution in [0.15, 0.2) is 24.3 Å². The van der Waals surface area contributed by atoms with Crippen LogP contribution in [0.1, 0.15) is 25.3 Å². The Kier molecular flexibility index (Phi) is 4.01. The average molecular weight is 182 g/mol. The van der Waals surface area contributed by atoms with Crippen molar-refractivity contribution in [2.45, 2.75) is 26.2 Å². The molecule has 66 valence electrons. The predicted octanol–water partition coefficient (Wildman–Crippen LogP) is 1.71. The summed E-state index contributed by atoms with van der Waals surface area (Å²) in [5.41, 5.74) is 1.23. The quantitative estimate of drug-likeness (QED) is 0.491. The second-order valence-electron chi connectivity index (χ2n) is 3.01. The Morgan fingerprint density at radius 1 is 1.33 bits per heavy atom. The Bertz CT molecular complexity index is 235. The molecule has 1 aromatic carbocycles. The summed E-state index contributed by atoms with van der Waals surface area (Å²) >= 11 is 0. The van der Waals surface area contributed by atoms with Gasteiger partial charge in [-0.25, -0.2) is 0 Å². The van der Waals surface area contributed by atoms with Crippen molar-refractivity contribution in [3.05, 3.63) is 29.8 Å².